The molecule has 190 valence electrons. The Balaban J connectivity index is 1.93. The number of para-hydroxylation sites is 1. The first-order valence-electron chi connectivity index (χ1n) is 11.7. The number of nitrogens with zero attached hydrogens (tertiary/aromatic N) is 1. The molecule has 0 heterocycles. The number of halogens is 3. The molecule has 36 heavy (non-hydrogen) atoms. The average Bonchev–Trinajstić information content (AvgIpc) is 2.86. The summed E-state index contributed by atoms with van der Waals surface area (Å²) in [6, 6.07) is 19.5. The Morgan fingerprint density at radius 1 is 0.944 bits per heavy atom. The fourth-order valence-corrected chi connectivity index (χ4v) is 3.92. The Morgan fingerprint density at radius 2 is 1.64 bits per heavy atom. The highest BCUT2D eigenvalue weighted by Gasteiger charge is 2.31. The lowest BCUT2D eigenvalue weighted by Crippen LogP contribution is -2.52. The minimum absolute atomic E-state index is 0.0378. The van der Waals surface area contributed by atoms with Crippen LogP contribution in [0.1, 0.15) is 25.0 Å². The van der Waals surface area contributed by atoms with Crippen LogP contribution < -0.4 is 10.1 Å². The monoisotopic (exact) mass is 530 g/mol. The quantitative estimate of drug-likeness (QED) is 0.334. The first-order chi connectivity index (χ1) is 17.2. The summed E-state index contributed by atoms with van der Waals surface area (Å²) in [6.07, 6.45) is 0.289. The van der Waals surface area contributed by atoms with Gasteiger partial charge in [-0.3, -0.25) is 9.59 Å². The van der Waals surface area contributed by atoms with Gasteiger partial charge in [0.1, 0.15) is 6.04 Å². The number of amides is 2. The Bertz CT molecular complexity index is 1170. The zero-order valence-electron chi connectivity index (χ0n) is 20.2. The molecule has 8 heteroatoms. The number of benzene rings is 3. The highest BCUT2D eigenvalue weighted by atomic mass is 35.5. The van der Waals surface area contributed by atoms with Gasteiger partial charge in [-0.05, 0) is 41.3 Å². The maximum absolute atomic E-state index is 14.1. The molecule has 0 aliphatic carbocycles. The smallest absolute Gasteiger partial charge is 0.261 e. The van der Waals surface area contributed by atoms with Crippen molar-refractivity contribution in [3.63, 3.8) is 0 Å². The Morgan fingerprint density at radius 3 is 2.31 bits per heavy atom. The van der Waals surface area contributed by atoms with E-state index < -0.39 is 24.4 Å². The van der Waals surface area contributed by atoms with Gasteiger partial charge in [0.2, 0.25) is 5.91 Å². The molecule has 0 radical (unpaired) electrons. The summed E-state index contributed by atoms with van der Waals surface area (Å²) in [6.45, 7) is 4.10. The van der Waals surface area contributed by atoms with Gasteiger partial charge in [-0.25, -0.2) is 4.39 Å². The Labute approximate surface area is 221 Å². The maximum atomic E-state index is 14.1. The summed E-state index contributed by atoms with van der Waals surface area (Å²) in [4.78, 5) is 28.3. The van der Waals surface area contributed by atoms with Crippen LogP contribution in [0.3, 0.4) is 0 Å². The second-order valence-corrected chi connectivity index (χ2v) is 9.65. The van der Waals surface area contributed by atoms with Gasteiger partial charge in [0.15, 0.2) is 18.2 Å². The molecule has 3 rings (SSSR count). The van der Waals surface area contributed by atoms with E-state index in [1.165, 1.54) is 23.1 Å². The number of hydrogen-bond donors (Lipinski definition) is 1. The largest absolute Gasteiger partial charge is 0.481 e. The van der Waals surface area contributed by atoms with Crippen molar-refractivity contribution in [3.8, 4) is 5.75 Å². The molecule has 0 bridgehead atoms. The molecule has 0 saturated carbocycles. The highest BCUT2D eigenvalue weighted by Crippen LogP contribution is 2.24. The lowest BCUT2D eigenvalue weighted by molar-refractivity contribution is -0.142. The minimum Gasteiger partial charge on any atom is -0.481 e. The van der Waals surface area contributed by atoms with Gasteiger partial charge in [-0.15, -0.1) is 0 Å². The van der Waals surface area contributed by atoms with E-state index in [1.54, 1.807) is 24.3 Å². The van der Waals surface area contributed by atoms with Crippen molar-refractivity contribution < 1.29 is 18.7 Å². The number of nitrogens with one attached hydrogen (secondary N) is 1. The Hall–Kier alpha value is -3.09. The third kappa shape index (κ3) is 7.97. The summed E-state index contributed by atoms with van der Waals surface area (Å²) in [5.74, 6) is -1.13. The minimum atomic E-state index is -0.836. The second-order valence-electron chi connectivity index (χ2n) is 8.83. The van der Waals surface area contributed by atoms with E-state index in [2.05, 4.69) is 5.32 Å². The third-order valence-corrected chi connectivity index (χ3v) is 6.22. The van der Waals surface area contributed by atoms with E-state index in [0.29, 0.717) is 22.2 Å². The van der Waals surface area contributed by atoms with Gasteiger partial charge in [-0.2, -0.15) is 0 Å². The SMILES string of the molecule is CC(C)CNC(=O)[C@H](Cc1ccccc1)N(Cc1ccc(Cl)c(Cl)c1)C(=O)COc1ccccc1F. The highest BCUT2D eigenvalue weighted by molar-refractivity contribution is 6.42. The fourth-order valence-electron chi connectivity index (χ4n) is 3.60. The van der Waals surface area contributed by atoms with Crippen molar-refractivity contribution in [1.82, 2.24) is 10.2 Å². The van der Waals surface area contributed by atoms with Crippen molar-refractivity contribution in [3.05, 3.63) is 99.8 Å². The van der Waals surface area contributed by atoms with Gasteiger partial charge in [0.05, 0.1) is 10.0 Å². The van der Waals surface area contributed by atoms with Crippen LogP contribution in [-0.4, -0.2) is 35.9 Å². The fraction of sp³-hybridized carbons (Fsp3) is 0.286. The van der Waals surface area contributed by atoms with E-state index in [4.69, 9.17) is 27.9 Å². The summed E-state index contributed by atoms with van der Waals surface area (Å²) >= 11 is 12.3. The van der Waals surface area contributed by atoms with Gasteiger partial charge in [0.25, 0.3) is 5.91 Å². The molecule has 3 aromatic carbocycles. The third-order valence-electron chi connectivity index (χ3n) is 5.48. The lowest BCUT2D eigenvalue weighted by Gasteiger charge is -2.31. The molecular weight excluding hydrogens is 502 g/mol. The number of hydrogen-bond acceptors (Lipinski definition) is 3. The van der Waals surface area contributed by atoms with Gasteiger partial charge in [0, 0.05) is 19.5 Å². The first-order valence-corrected chi connectivity index (χ1v) is 12.4. The number of ether oxygens (including phenoxy) is 1. The number of carbonyl (C=O) groups excluding carboxylic acids is 2. The van der Waals surface area contributed by atoms with Crippen LogP contribution in [0.4, 0.5) is 4.39 Å². The van der Waals surface area contributed by atoms with Crippen LogP contribution >= 0.6 is 23.2 Å². The number of carbonyl (C=O) groups is 2. The molecule has 0 aromatic heterocycles. The molecule has 0 aliphatic rings. The predicted octanol–water partition coefficient (Wildman–Crippen LogP) is 5.92. The molecule has 1 N–H and O–H groups in total. The average molecular weight is 531 g/mol. The van der Waals surface area contributed by atoms with Gasteiger partial charge < -0.3 is 15.0 Å². The first kappa shape index (κ1) is 27.5. The van der Waals surface area contributed by atoms with Crippen LogP contribution in [0.5, 0.6) is 5.75 Å². The molecule has 0 spiro atoms. The molecule has 0 aliphatic heterocycles. The van der Waals surface area contributed by atoms with E-state index in [1.807, 2.05) is 44.2 Å². The van der Waals surface area contributed by atoms with Crippen LogP contribution in [0.2, 0.25) is 10.0 Å². The summed E-state index contributed by atoms with van der Waals surface area (Å²) < 4.78 is 19.6. The molecular formula is C28H29Cl2FN2O3. The predicted molar refractivity (Wildman–Crippen MR) is 141 cm³/mol. The summed E-state index contributed by atoms with van der Waals surface area (Å²) in [5.41, 5.74) is 1.59. The van der Waals surface area contributed by atoms with Crippen LogP contribution in [-0.2, 0) is 22.6 Å². The maximum Gasteiger partial charge on any atom is 0.261 e. The Kier molecular flexibility index (Phi) is 10.1. The molecule has 0 saturated heterocycles. The molecule has 0 fully saturated rings. The molecule has 1 atom stereocenters. The van der Waals surface area contributed by atoms with Crippen LogP contribution in [0.25, 0.3) is 0 Å². The second kappa shape index (κ2) is 13.3. The lowest BCUT2D eigenvalue weighted by atomic mass is 10.0. The molecule has 2 amide bonds. The normalized spacial score (nSPS) is 11.7. The standard InChI is InChI=1S/C28H29Cl2FN2O3/c1-19(2)16-32-28(35)25(15-20-8-4-3-5-9-20)33(17-21-12-13-22(29)23(30)14-21)27(34)18-36-26-11-7-6-10-24(26)31/h3-14,19,25H,15-18H2,1-2H3,(H,32,35)/t25-/m0/s1. The van der Waals surface area contributed by atoms with E-state index in [-0.39, 0.29) is 30.5 Å². The van der Waals surface area contributed by atoms with Gasteiger partial charge >= 0.3 is 0 Å². The topological polar surface area (TPSA) is 58.6 Å². The van der Waals surface area contributed by atoms with E-state index in [0.717, 1.165) is 5.56 Å². The van der Waals surface area contributed by atoms with Crippen molar-refractivity contribution >= 4 is 35.0 Å². The zero-order chi connectivity index (χ0) is 26.1. The van der Waals surface area contributed by atoms with Gasteiger partial charge in [-0.1, -0.05) is 85.6 Å². The van der Waals surface area contributed by atoms with Crippen LogP contribution in [0.15, 0.2) is 72.8 Å². The van der Waals surface area contributed by atoms with Crippen molar-refractivity contribution in [1.29, 1.82) is 0 Å². The number of rotatable bonds is 11. The summed E-state index contributed by atoms with van der Waals surface area (Å²) in [7, 11) is 0. The van der Waals surface area contributed by atoms with Crippen molar-refractivity contribution in [2.45, 2.75) is 32.9 Å². The molecule has 0 unspecified atom stereocenters. The van der Waals surface area contributed by atoms with Crippen molar-refractivity contribution in [2.24, 2.45) is 5.92 Å². The molecule has 5 nitrogen and oxygen atoms in total. The van der Waals surface area contributed by atoms with Crippen molar-refractivity contribution in [2.75, 3.05) is 13.2 Å². The van der Waals surface area contributed by atoms with E-state index in [9.17, 15) is 14.0 Å². The van der Waals surface area contributed by atoms with Crippen LogP contribution in [0, 0.1) is 11.7 Å². The molecule has 3 aromatic rings. The zero-order valence-corrected chi connectivity index (χ0v) is 21.7. The summed E-state index contributed by atoms with van der Waals surface area (Å²) in [5, 5.41) is 3.67. The van der Waals surface area contributed by atoms with E-state index >= 15 is 0 Å².